The molecule has 3 heteroatoms. The van der Waals surface area contributed by atoms with Crippen LogP contribution in [-0.2, 0) is 11.3 Å². The van der Waals surface area contributed by atoms with Crippen molar-refractivity contribution >= 4 is 5.91 Å². The number of likely N-dealkylation sites (tertiary alicyclic amines) is 1. The van der Waals surface area contributed by atoms with Gasteiger partial charge in [0.25, 0.3) is 0 Å². The highest BCUT2D eigenvalue weighted by molar-refractivity contribution is 5.76. The average Bonchev–Trinajstić information content (AvgIpc) is 2.38. The van der Waals surface area contributed by atoms with Crippen molar-refractivity contribution in [1.82, 2.24) is 4.90 Å². The first-order valence-corrected chi connectivity index (χ1v) is 7.35. The second-order valence-corrected chi connectivity index (χ2v) is 5.79. The maximum absolute atomic E-state index is 12.4. The SMILES string of the molecule is Cc1cc[n+](CCC(=O)N2C(C)CCCC2C)cc1. The number of pyridine rings is 1. The number of nitrogens with zero attached hydrogens (tertiary/aromatic N) is 2. The molecule has 1 fully saturated rings. The number of hydrogen-bond acceptors (Lipinski definition) is 1. The first kappa shape index (κ1) is 14.0. The van der Waals surface area contributed by atoms with Gasteiger partial charge in [0, 0.05) is 24.2 Å². The molecule has 1 amide bonds. The minimum absolute atomic E-state index is 0.299. The van der Waals surface area contributed by atoms with Crippen molar-refractivity contribution in [3.63, 3.8) is 0 Å². The summed E-state index contributed by atoms with van der Waals surface area (Å²) in [6, 6.07) is 4.96. The van der Waals surface area contributed by atoms with Crippen molar-refractivity contribution in [1.29, 1.82) is 0 Å². The zero-order chi connectivity index (χ0) is 13.8. The van der Waals surface area contributed by atoms with E-state index in [1.807, 2.05) is 12.4 Å². The van der Waals surface area contributed by atoms with E-state index in [0.29, 0.717) is 24.4 Å². The topological polar surface area (TPSA) is 24.2 Å². The van der Waals surface area contributed by atoms with Gasteiger partial charge in [-0.2, -0.15) is 0 Å². The predicted molar refractivity (Wildman–Crippen MR) is 75.6 cm³/mol. The zero-order valence-electron chi connectivity index (χ0n) is 12.3. The summed E-state index contributed by atoms with van der Waals surface area (Å²) >= 11 is 0. The lowest BCUT2D eigenvalue weighted by molar-refractivity contribution is -0.696. The second kappa shape index (κ2) is 6.18. The Kier molecular flexibility index (Phi) is 4.56. The summed E-state index contributed by atoms with van der Waals surface area (Å²) in [7, 11) is 0. The minimum atomic E-state index is 0.299. The standard InChI is InChI=1S/C16H25N2O/c1-13-7-10-17(11-8-13)12-9-16(19)18-14(2)5-4-6-15(18)3/h7-8,10-11,14-15H,4-6,9,12H2,1-3H3/q+1. The number of rotatable bonds is 3. The lowest BCUT2D eigenvalue weighted by Crippen LogP contribution is -2.48. The van der Waals surface area contributed by atoms with Gasteiger partial charge >= 0.3 is 0 Å². The summed E-state index contributed by atoms with van der Waals surface area (Å²) in [5.74, 6) is 0.299. The van der Waals surface area contributed by atoms with E-state index < -0.39 is 0 Å². The summed E-state index contributed by atoms with van der Waals surface area (Å²) in [6.45, 7) is 7.20. The van der Waals surface area contributed by atoms with Crippen LogP contribution in [0.1, 0.15) is 45.1 Å². The molecule has 3 nitrogen and oxygen atoms in total. The molecule has 0 spiro atoms. The normalized spacial score (nSPS) is 23.4. The monoisotopic (exact) mass is 261 g/mol. The van der Waals surface area contributed by atoms with Gasteiger partial charge in [-0.1, -0.05) is 0 Å². The number of piperidine rings is 1. The molecule has 0 radical (unpaired) electrons. The molecular formula is C16H25N2O+. The number of hydrogen-bond donors (Lipinski definition) is 0. The average molecular weight is 261 g/mol. The number of carbonyl (C=O) groups is 1. The Morgan fingerprint density at radius 1 is 1.26 bits per heavy atom. The van der Waals surface area contributed by atoms with Gasteiger partial charge < -0.3 is 4.90 Å². The molecule has 0 saturated carbocycles. The van der Waals surface area contributed by atoms with Gasteiger partial charge in [0.1, 0.15) is 0 Å². The number of aryl methyl sites for hydroxylation is 2. The van der Waals surface area contributed by atoms with E-state index in [0.717, 1.165) is 19.4 Å². The maximum Gasteiger partial charge on any atom is 0.229 e. The third kappa shape index (κ3) is 3.55. The van der Waals surface area contributed by atoms with Crippen LogP contribution in [0.15, 0.2) is 24.5 Å². The molecule has 1 aromatic heterocycles. The molecule has 1 aliphatic heterocycles. The maximum atomic E-state index is 12.4. The molecule has 19 heavy (non-hydrogen) atoms. The Hall–Kier alpha value is -1.38. The van der Waals surface area contributed by atoms with E-state index in [4.69, 9.17) is 0 Å². The van der Waals surface area contributed by atoms with E-state index in [2.05, 4.69) is 42.4 Å². The minimum Gasteiger partial charge on any atom is -0.337 e. The van der Waals surface area contributed by atoms with Crippen LogP contribution >= 0.6 is 0 Å². The van der Waals surface area contributed by atoms with Crippen molar-refractivity contribution in [3.8, 4) is 0 Å². The predicted octanol–water partition coefficient (Wildman–Crippen LogP) is 2.46. The Balaban J connectivity index is 1.91. The third-order valence-corrected chi connectivity index (χ3v) is 4.12. The van der Waals surface area contributed by atoms with Gasteiger partial charge in [-0.15, -0.1) is 0 Å². The van der Waals surface area contributed by atoms with Crippen LogP contribution in [0.4, 0.5) is 0 Å². The Bertz CT molecular complexity index is 417. The van der Waals surface area contributed by atoms with E-state index in [1.54, 1.807) is 0 Å². The zero-order valence-corrected chi connectivity index (χ0v) is 12.3. The molecule has 1 aromatic rings. The number of carbonyl (C=O) groups excluding carboxylic acids is 1. The van der Waals surface area contributed by atoms with Crippen molar-refractivity contribution < 1.29 is 9.36 Å². The van der Waals surface area contributed by atoms with Crippen molar-refractivity contribution in [2.75, 3.05) is 0 Å². The Labute approximate surface area is 116 Å². The molecule has 2 rings (SSSR count). The first-order valence-electron chi connectivity index (χ1n) is 7.35. The van der Waals surface area contributed by atoms with Crippen molar-refractivity contribution in [3.05, 3.63) is 30.1 Å². The van der Waals surface area contributed by atoms with Crippen LogP contribution in [0.5, 0.6) is 0 Å². The molecule has 0 aromatic carbocycles. The quantitative estimate of drug-likeness (QED) is 0.767. The molecule has 0 aliphatic carbocycles. The van der Waals surface area contributed by atoms with E-state index >= 15 is 0 Å². The van der Waals surface area contributed by atoms with Crippen LogP contribution in [0.25, 0.3) is 0 Å². The Morgan fingerprint density at radius 2 is 1.84 bits per heavy atom. The highest BCUT2D eigenvalue weighted by Gasteiger charge is 2.28. The fourth-order valence-electron chi connectivity index (χ4n) is 2.95. The summed E-state index contributed by atoms with van der Waals surface area (Å²) in [4.78, 5) is 14.5. The van der Waals surface area contributed by atoms with E-state index in [1.165, 1.54) is 12.0 Å². The highest BCUT2D eigenvalue weighted by Crippen LogP contribution is 2.23. The van der Waals surface area contributed by atoms with Gasteiger partial charge in [0.15, 0.2) is 18.9 Å². The van der Waals surface area contributed by atoms with E-state index in [9.17, 15) is 4.79 Å². The van der Waals surface area contributed by atoms with Gasteiger partial charge in [0.05, 0.1) is 6.42 Å². The molecule has 1 saturated heterocycles. The molecule has 0 bridgehead atoms. The van der Waals surface area contributed by atoms with Crippen LogP contribution in [0.3, 0.4) is 0 Å². The molecule has 1 aliphatic rings. The fourth-order valence-corrected chi connectivity index (χ4v) is 2.95. The summed E-state index contributed by atoms with van der Waals surface area (Å²) in [6.07, 6.45) is 8.24. The summed E-state index contributed by atoms with van der Waals surface area (Å²) in [5, 5.41) is 0. The molecular weight excluding hydrogens is 236 g/mol. The van der Waals surface area contributed by atoms with Gasteiger partial charge in [-0.25, -0.2) is 4.57 Å². The lowest BCUT2D eigenvalue weighted by Gasteiger charge is -2.39. The first-order chi connectivity index (χ1) is 9.08. The molecule has 0 N–H and O–H groups in total. The largest absolute Gasteiger partial charge is 0.337 e. The van der Waals surface area contributed by atoms with Gasteiger partial charge in [-0.3, -0.25) is 4.79 Å². The van der Waals surface area contributed by atoms with Crippen LogP contribution in [-0.4, -0.2) is 22.9 Å². The van der Waals surface area contributed by atoms with E-state index in [-0.39, 0.29) is 0 Å². The third-order valence-electron chi connectivity index (χ3n) is 4.12. The summed E-state index contributed by atoms with van der Waals surface area (Å²) < 4.78 is 2.09. The molecule has 2 atom stereocenters. The molecule has 2 heterocycles. The van der Waals surface area contributed by atoms with Gasteiger partial charge in [0.2, 0.25) is 5.91 Å². The Morgan fingerprint density at radius 3 is 2.42 bits per heavy atom. The molecule has 104 valence electrons. The van der Waals surface area contributed by atoms with Gasteiger partial charge in [-0.05, 0) is 45.6 Å². The molecule has 2 unspecified atom stereocenters. The summed E-state index contributed by atoms with van der Waals surface area (Å²) in [5.41, 5.74) is 1.25. The smallest absolute Gasteiger partial charge is 0.229 e. The van der Waals surface area contributed by atoms with Crippen LogP contribution in [0.2, 0.25) is 0 Å². The van der Waals surface area contributed by atoms with Crippen molar-refractivity contribution in [2.45, 2.75) is 65.1 Å². The second-order valence-electron chi connectivity index (χ2n) is 5.79. The number of aromatic nitrogens is 1. The fraction of sp³-hybridized carbons (Fsp3) is 0.625. The van der Waals surface area contributed by atoms with Crippen molar-refractivity contribution in [2.24, 2.45) is 0 Å². The van der Waals surface area contributed by atoms with Crippen LogP contribution < -0.4 is 4.57 Å². The van der Waals surface area contributed by atoms with Crippen LogP contribution in [0, 0.1) is 6.92 Å². The number of amides is 1. The lowest BCUT2D eigenvalue weighted by atomic mass is 9.97. The highest BCUT2D eigenvalue weighted by atomic mass is 16.2.